The molecule has 1 fully saturated rings. The SMILES string of the molecule is CC(C)(C)OC(=O)N1CCN(C(=O)CCNS(=O)(=O)c2ccccc2)CC1. The third-order valence-electron chi connectivity index (χ3n) is 3.97. The van der Waals surface area contributed by atoms with Gasteiger partial charge in [0.25, 0.3) is 0 Å². The number of ether oxygens (including phenoxy) is 1. The van der Waals surface area contributed by atoms with Crippen molar-refractivity contribution in [2.45, 2.75) is 37.7 Å². The van der Waals surface area contributed by atoms with E-state index in [0.29, 0.717) is 26.2 Å². The number of amides is 2. The lowest BCUT2D eigenvalue weighted by Crippen LogP contribution is -2.52. The molecule has 1 aliphatic heterocycles. The first-order valence-corrected chi connectivity index (χ1v) is 10.4. The molecule has 0 aliphatic carbocycles. The standard InChI is InChI=1S/C18H27N3O5S/c1-18(2,3)26-17(23)21-13-11-20(12-14-21)16(22)9-10-19-27(24,25)15-7-5-4-6-8-15/h4-8,19H,9-14H2,1-3H3. The van der Waals surface area contributed by atoms with Crippen LogP contribution in [0.1, 0.15) is 27.2 Å². The van der Waals surface area contributed by atoms with Gasteiger partial charge in [-0.3, -0.25) is 4.79 Å². The van der Waals surface area contributed by atoms with Gasteiger partial charge >= 0.3 is 6.09 Å². The van der Waals surface area contributed by atoms with E-state index in [9.17, 15) is 18.0 Å². The molecule has 0 saturated carbocycles. The van der Waals surface area contributed by atoms with E-state index >= 15 is 0 Å². The molecule has 0 unspecified atom stereocenters. The summed E-state index contributed by atoms with van der Waals surface area (Å²) in [6.07, 6.45) is -0.316. The van der Waals surface area contributed by atoms with Gasteiger partial charge in [0.05, 0.1) is 4.90 Å². The highest BCUT2D eigenvalue weighted by Crippen LogP contribution is 2.12. The molecular formula is C18H27N3O5S. The van der Waals surface area contributed by atoms with Crippen molar-refractivity contribution < 1.29 is 22.7 Å². The minimum absolute atomic E-state index is 0.0301. The summed E-state index contributed by atoms with van der Waals surface area (Å²) >= 11 is 0. The van der Waals surface area contributed by atoms with Gasteiger partial charge in [-0.15, -0.1) is 0 Å². The summed E-state index contributed by atoms with van der Waals surface area (Å²) in [6, 6.07) is 8.02. The van der Waals surface area contributed by atoms with Crippen molar-refractivity contribution in [1.29, 1.82) is 0 Å². The van der Waals surface area contributed by atoms with Crippen LogP contribution in [0.25, 0.3) is 0 Å². The number of sulfonamides is 1. The van der Waals surface area contributed by atoms with Crippen LogP contribution in [-0.2, 0) is 19.6 Å². The monoisotopic (exact) mass is 397 g/mol. The summed E-state index contributed by atoms with van der Waals surface area (Å²) in [4.78, 5) is 27.7. The van der Waals surface area contributed by atoms with E-state index in [1.807, 2.05) is 0 Å². The molecule has 1 aliphatic rings. The van der Waals surface area contributed by atoms with Gasteiger partial charge in [-0.25, -0.2) is 17.9 Å². The molecule has 150 valence electrons. The van der Waals surface area contributed by atoms with Crippen LogP contribution in [0.2, 0.25) is 0 Å². The predicted octanol–water partition coefficient (Wildman–Crippen LogP) is 1.43. The second kappa shape index (κ2) is 8.71. The molecule has 8 nitrogen and oxygen atoms in total. The Morgan fingerprint density at radius 3 is 2.15 bits per heavy atom. The van der Waals surface area contributed by atoms with Crippen molar-refractivity contribution in [2.24, 2.45) is 0 Å². The van der Waals surface area contributed by atoms with Gasteiger partial charge in [-0.2, -0.15) is 0 Å². The maximum atomic E-state index is 12.3. The molecule has 1 saturated heterocycles. The van der Waals surface area contributed by atoms with E-state index in [1.165, 1.54) is 12.1 Å². The highest BCUT2D eigenvalue weighted by atomic mass is 32.2. The number of carbonyl (C=O) groups excluding carboxylic acids is 2. The number of nitrogens with one attached hydrogen (secondary N) is 1. The van der Waals surface area contributed by atoms with Crippen molar-refractivity contribution in [3.8, 4) is 0 Å². The molecule has 0 atom stereocenters. The molecular weight excluding hydrogens is 370 g/mol. The van der Waals surface area contributed by atoms with Crippen LogP contribution in [0.15, 0.2) is 35.2 Å². The lowest BCUT2D eigenvalue weighted by atomic mass is 10.2. The fourth-order valence-corrected chi connectivity index (χ4v) is 3.65. The Morgan fingerprint density at radius 1 is 1.04 bits per heavy atom. The van der Waals surface area contributed by atoms with E-state index in [2.05, 4.69) is 4.72 Å². The van der Waals surface area contributed by atoms with Crippen LogP contribution >= 0.6 is 0 Å². The van der Waals surface area contributed by atoms with Crippen LogP contribution in [0.5, 0.6) is 0 Å². The first-order chi connectivity index (χ1) is 12.6. The van der Waals surface area contributed by atoms with E-state index < -0.39 is 15.6 Å². The quantitative estimate of drug-likeness (QED) is 0.811. The zero-order valence-corrected chi connectivity index (χ0v) is 16.8. The Bertz CT molecular complexity index is 751. The van der Waals surface area contributed by atoms with Gasteiger partial charge in [-0.05, 0) is 32.9 Å². The number of piperazine rings is 1. The Morgan fingerprint density at radius 2 is 1.59 bits per heavy atom. The molecule has 1 N–H and O–H groups in total. The van der Waals surface area contributed by atoms with Crippen molar-refractivity contribution in [3.05, 3.63) is 30.3 Å². The maximum Gasteiger partial charge on any atom is 0.410 e. The molecule has 27 heavy (non-hydrogen) atoms. The van der Waals surface area contributed by atoms with Gasteiger partial charge in [0, 0.05) is 39.1 Å². The molecule has 1 aromatic carbocycles. The second-order valence-electron chi connectivity index (χ2n) is 7.31. The van der Waals surface area contributed by atoms with Gasteiger partial charge in [0.1, 0.15) is 5.60 Å². The van der Waals surface area contributed by atoms with Crippen LogP contribution in [0.3, 0.4) is 0 Å². The second-order valence-corrected chi connectivity index (χ2v) is 9.08. The molecule has 0 radical (unpaired) electrons. The summed E-state index contributed by atoms with van der Waals surface area (Å²) < 4.78 is 32.0. The normalized spacial score (nSPS) is 15.5. The fourth-order valence-electron chi connectivity index (χ4n) is 2.60. The van der Waals surface area contributed by atoms with Crippen molar-refractivity contribution >= 4 is 22.0 Å². The van der Waals surface area contributed by atoms with Crippen LogP contribution < -0.4 is 4.72 Å². The predicted molar refractivity (Wildman–Crippen MR) is 101 cm³/mol. The summed E-state index contributed by atoms with van der Waals surface area (Å²) in [7, 11) is -3.61. The molecule has 1 aromatic rings. The Kier molecular flexibility index (Phi) is 6.83. The summed E-state index contributed by atoms with van der Waals surface area (Å²) in [6.45, 7) is 7.06. The lowest BCUT2D eigenvalue weighted by molar-refractivity contribution is -0.132. The Balaban J connectivity index is 1.76. The average Bonchev–Trinajstić information content (AvgIpc) is 2.61. The number of hydrogen-bond acceptors (Lipinski definition) is 5. The smallest absolute Gasteiger partial charge is 0.410 e. The van der Waals surface area contributed by atoms with E-state index in [1.54, 1.807) is 48.8 Å². The molecule has 2 amide bonds. The zero-order valence-electron chi connectivity index (χ0n) is 16.0. The average molecular weight is 397 g/mol. The highest BCUT2D eigenvalue weighted by molar-refractivity contribution is 7.89. The Hall–Kier alpha value is -2.13. The number of rotatable bonds is 5. The number of nitrogens with zero attached hydrogens (tertiary/aromatic N) is 2. The molecule has 9 heteroatoms. The maximum absolute atomic E-state index is 12.3. The van der Waals surface area contributed by atoms with Crippen LogP contribution in [0, 0.1) is 0 Å². The van der Waals surface area contributed by atoms with Crippen LogP contribution in [-0.4, -0.2) is 68.5 Å². The number of benzene rings is 1. The van der Waals surface area contributed by atoms with Gasteiger partial charge in [-0.1, -0.05) is 18.2 Å². The first-order valence-electron chi connectivity index (χ1n) is 8.89. The molecule has 1 heterocycles. The topological polar surface area (TPSA) is 96.0 Å². The van der Waals surface area contributed by atoms with E-state index in [4.69, 9.17) is 4.74 Å². The largest absolute Gasteiger partial charge is 0.444 e. The number of carbonyl (C=O) groups is 2. The Labute approximate surface area is 160 Å². The van der Waals surface area contributed by atoms with E-state index in [-0.39, 0.29) is 29.9 Å². The van der Waals surface area contributed by atoms with Gasteiger partial charge < -0.3 is 14.5 Å². The van der Waals surface area contributed by atoms with Crippen molar-refractivity contribution in [2.75, 3.05) is 32.7 Å². The number of hydrogen-bond donors (Lipinski definition) is 1. The minimum atomic E-state index is -3.61. The summed E-state index contributed by atoms with van der Waals surface area (Å²) in [5, 5.41) is 0. The van der Waals surface area contributed by atoms with E-state index in [0.717, 1.165) is 0 Å². The third-order valence-corrected chi connectivity index (χ3v) is 5.45. The van der Waals surface area contributed by atoms with Crippen LogP contribution in [0.4, 0.5) is 4.79 Å². The summed E-state index contributed by atoms with van der Waals surface area (Å²) in [5.74, 6) is -0.144. The zero-order chi connectivity index (χ0) is 20.1. The first kappa shape index (κ1) is 21.2. The minimum Gasteiger partial charge on any atom is -0.444 e. The molecule has 0 aromatic heterocycles. The highest BCUT2D eigenvalue weighted by Gasteiger charge is 2.27. The fraction of sp³-hybridized carbons (Fsp3) is 0.556. The molecule has 0 spiro atoms. The van der Waals surface area contributed by atoms with Gasteiger partial charge in [0.2, 0.25) is 15.9 Å². The molecule has 2 rings (SSSR count). The lowest BCUT2D eigenvalue weighted by Gasteiger charge is -2.35. The van der Waals surface area contributed by atoms with Gasteiger partial charge in [0.15, 0.2) is 0 Å². The summed E-state index contributed by atoms with van der Waals surface area (Å²) in [5.41, 5.74) is -0.556. The molecule has 0 bridgehead atoms. The van der Waals surface area contributed by atoms with Crippen molar-refractivity contribution in [1.82, 2.24) is 14.5 Å². The third kappa shape index (κ3) is 6.51. The van der Waals surface area contributed by atoms with Crippen molar-refractivity contribution in [3.63, 3.8) is 0 Å².